The Labute approximate surface area is 205 Å². The van der Waals surface area contributed by atoms with Gasteiger partial charge in [0.15, 0.2) is 0 Å². The van der Waals surface area contributed by atoms with Gasteiger partial charge in [0.25, 0.3) is 0 Å². The summed E-state index contributed by atoms with van der Waals surface area (Å²) in [4.78, 5) is 0. The number of halogens is 4. The molecule has 0 heterocycles. The molecule has 0 bridgehead atoms. The van der Waals surface area contributed by atoms with Crippen molar-refractivity contribution in [3.05, 3.63) is 82.5 Å². The molecule has 0 aliphatic carbocycles. The number of unbranched alkanes of at least 4 members (excludes halogenated alkanes) is 1. The third-order valence-electron chi connectivity index (χ3n) is 4.63. The van der Waals surface area contributed by atoms with E-state index in [9.17, 15) is 18.4 Å². The highest BCUT2D eigenvalue weighted by Gasteiger charge is 2.39. The number of hydrogen-bond acceptors (Lipinski definition) is 3. The first kappa shape index (κ1) is 29.0. The quantitative estimate of drug-likeness (QED) is 0.287. The van der Waals surface area contributed by atoms with Crippen LogP contribution in [-0.4, -0.2) is 11.9 Å². The lowest BCUT2D eigenvalue weighted by molar-refractivity contribution is -0.139. The van der Waals surface area contributed by atoms with Gasteiger partial charge < -0.3 is 0 Å². The van der Waals surface area contributed by atoms with Gasteiger partial charge >= 0.3 is 6.18 Å². The zero-order chi connectivity index (χ0) is 25.9. The maximum absolute atomic E-state index is 13.7. The molecule has 2 aromatic rings. The number of allylic oxidation sites excluding steroid dienone is 1. The second-order valence-corrected chi connectivity index (χ2v) is 8.34. The molecular weight excluding hydrogens is 459 g/mol. The van der Waals surface area contributed by atoms with Gasteiger partial charge in [-0.3, -0.25) is 0 Å². The van der Waals surface area contributed by atoms with Crippen LogP contribution in [0.15, 0.2) is 60.4 Å². The van der Waals surface area contributed by atoms with Crippen molar-refractivity contribution in [2.45, 2.75) is 59.6 Å². The summed E-state index contributed by atoms with van der Waals surface area (Å²) in [6, 6.07) is 11.2. The lowest BCUT2D eigenvalue weighted by Crippen LogP contribution is -2.19. The zero-order valence-corrected chi connectivity index (χ0v) is 21.0. The van der Waals surface area contributed by atoms with Crippen molar-refractivity contribution < 1.29 is 13.2 Å². The van der Waals surface area contributed by atoms with Crippen molar-refractivity contribution >= 4 is 29.1 Å². The summed E-state index contributed by atoms with van der Waals surface area (Å²) in [5, 5.41) is 15.5. The van der Waals surface area contributed by atoms with E-state index in [-0.39, 0.29) is 16.1 Å². The molecule has 3 nitrogen and oxygen atoms in total. The summed E-state index contributed by atoms with van der Waals surface area (Å²) < 4.78 is 41.0. The first-order valence-electron chi connectivity index (χ1n) is 11.0. The van der Waals surface area contributed by atoms with E-state index < -0.39 is 12.1 Å². The van der Waals surface area contributed by atoms with E-state index in [1.807, 2.05) is 0 Å². The highest BCUT2D eigenvalue weighted by molar-refractivity contribution is 6.30. The number of anilines is 1. The average Bonchev–Trinajstić information content (AvgIpc) is 2.76. The fraction of sp³-hybridized carbons (Fsp3) is 0.333. The topological polar surface area (TPSA) is 39.4 Å². The van der Waals surface area contributed by atoms with Crippen molar-refractivity contribution in [3.63, 3.8) is 0 Å². The SMILES string of the molecule is C=CN(N=C(C)C)c1ccc(/C=C/C(c2cc(C)cc(Cl)c2)C(F)(F)F)cc1C#N.CCCC. The Morgan fingerprint density at radius 3 is 2.29 bits per heavy atom. The molecule has 0 N–H and O–H groups in total. The van der Waals surface area contributed by atoms with Crippen molar-refractivity contribution in [1.29, 1.82) is 5.26 Å². The van der Waals surface area contributed by atoms with Crippen LogP contribution in [0.25, 0.3) is 6.08 Å². The standard InChI is InChI=1S/C23H21ClF3N3.C4H10/c1-5-30(29-15(2)3)22-9-7-17(12-19(22)14-28)6-8-21(23(25,26)27)18-10-16(4)11-20(24)13-18;1-3-4-2/h5-13,21H,1H2,2-4H3;3-4H2,1-2H3/b8-6+;. The van der Waals surface area contributed by atoms with Crippen LogP contribution in [-0.2, 0) is 0 Å². The highest BCUT2D eigenvalue weighted by Crippen LogP contribution is 2.38. The van der Waals surface area contributed by atoms with E-state index in [1.165, 1.54) is 48.3 Å². The van der Waals surface area contributed by atoms with Crippen LogP contribution in [0.3, 0.4) is 0 Å². The molecule has 1 unspecified atom stereocenters. The van der Waals surface area contributed by atoms with Crippen LogP contribution in [0.1, 0.15) is 68.7 Å². The number of alkyl halides is 3. The Kier molecular flexibility index (Phi) is 11.6. The van der Waals surface area contributed by atoms with Crippen molar-refractivity contribution in [3.8, 4) is 6.07 Å². The third kappa shape index (κ3) is 9.07. The Hall–Kier alpha value is -3.04. The summed E-state index contributed by atoms with van der Waals surface area (Å²) >= 11 is 5.95. The molecule has 0 aliphatic heterocycles. The van der Waals surface area contributed by atoms with E-state index in [4.69, 9.17) is 11.6 Å². The van der Waals surface area contributed by atoms with E-state index in [2.05, 4.69) is 31.6 Å². The summed E-state index contributed by atoms with van der Waals surface area (Å²) in [6.07, 6.45) is 2.03. The Morgan fingerprint density at radius 2 is 1.82 bits per heavy atom. The molecule has 34 heavy (non-hydrogen) atoms. The number of hydrogen-bond donors (Lipinski definition) is 0. The highest BCUT2D eigenvalue weighted by atomic mass is 35.5. The molecule has 0 aliphatic rings. The summed E-state index contributed by atoms with van der Waals surface area (Å²) in [7, 11) is 0. The smallest absolute Gasteiger partial charge is 0.240 e. The van der Waals surface area contributed by atoms with E-state index in [0.29, 0.717) is 16.8 Å². The number of rotatable bonds is 7. The predicted octanol–water partition coefficient (Wildman–Crippen LogP) is 9.03. The molecule has 0 spiro atoms. The van der Waals surface area contributed by atoms with Crippen LogP contribution < -0.4 is 5.01 Å². The molecule has 0 radical (unpaired) electrons. The van der Waals surface area contributed by atoms with Gasteiger partial charge in [-0.1, -0.05) is 69.2 Å². The molecular formula is C27H31ClF3N3. The largest absolute Gasteiger partial charge is 0.399 e. The Balaban J connectivity index is 0.00000133. The van der Waals surface area contributed by atoms with Gasteiger partial charge in [0.1, 0.15) is 6.07 Å². The molecule has 0 aromatic heterocycles. The monoisotopic (exact) mass is 489 g/mol. The third-order valence-corrected chi connectivity index (χ3v) is 4.84. The summed E-state index contributed by atoms with van der Waals surface area (Å²) in [5.41, 5.74) is 2.68. The molecule has 182 valence electrons. The first-order chi connectivity index (χ1) is 16.0. The van der Waals surface area contributed by atoms with Crippen molar-refractivity contribution in [2.75, 3.05) is 5.01 Å². The molecule has 0 saturated carbocycles. The average molecular weight is 490 g/mol. The lowest BCUT2D eigenvalue weighted by atomic mass is 9.95. The second-order valence-electron chi connectivity index (χ2n) is 7.90. The van der Waals surface area contributed by atoms with Crippen LogP contribution in [0.2, 0.25) is 5.02 Å². The minimum Gasteiger partial charge on any atom is -0.240 e. The number of nitrogens with zero attached hydrogens (tertiary/aromatic N) is 3. The summed E-state index contributed by atoms with van der Waals surface area (Å²) in [6.45, 7) is 13.3. The van der Waals surface area contributed by atoms with Gasteiger partial charge in [0.05, 0.1) is 17.2 Å². The first-order valence-corrected chi connectivity index (χ1v) is 11.3. The van der Waals surface area contributed by atoms with Crippen LogP contribution in [0, 0.1) is 18.3 Å². The van der Waals surface area contributed by atoms with E-state index in [1.54, 1.807) is 39.0 Å². The minimum absolute atomic E-state index is 0.0615. The molecule has 0 amide bonds. The molecule has 2 aromatic carbocycles. The Morgan fingerprint density at radius 1 is 1.18 bits per heavy atom. The Bertz CT molecular complexity index is 1040. The van der Waals surface area contributed by atoms with Gasteiger partial charge in [-0.05, 0) is 61.7 Å². The van der Waals surface area contributed by atoms with Crippen molar-refractivity contribution in [2.24, 2.45) is 5.10 Å². The van der Waals surface area contributed by atoms with E-state index in [0.717, 1.165) is 11.8 Å². The normalized spacial score (nSPS) is 11.8. The predicted molar refractivity (Wildman–Crippen MR) is 137 cm³/mol. The molecule has 7 heteroatoms. The number of hydrazone groups is 1. The second kappa shape index (κ2) is 13.6. The van der Waals surface area contributed by atoms with Crippen LogP contribution in [0.4, 0.5) is 18.9 Å². The minimum atomic E-state index is -4.49. The molecule has 0 saturated heterocycles. The van der Waals surface area contributed by atoms with Crippen molar-refractivity contribution in [1.82, 2.24) is 0 Å². The summed E-state index contributed by atoms with van der Waals surface area (Å²) in [5.74, 6) is -1.82. The van der Waals surface area contributed by atoms with Gasteiger partial charge in [0.2, 0.25) is 0 Å². The van der Waals surface area contributed by atoms with E-state index >= 15 is 0 Å². The maximum atomic E-state index is 13.7. The van der Waals surface area contributed by atoms with Gasteiger partial charge in [-0.25, -0.2) is 5.01 Å². The number of nitriles is 1. The molecule has 2 rings (SSSR count). The number of aryl methyl sites for hydroxylation is 1. The fourth-order valence-corrected chi connectivity index (χ4v) is 3.21. The molecule has 1 atom stereocenters. The molecule has 0 fully saturated rings. The van der Waals surface area contributed by atoms with Gasteiger partial charge in [0, 0.05) is 16.9 Å². The maximum Gasteiger partial charge on any atom is 0.399 e. The van der Waals surface area contributed by atoms with Gasteiger partial charge in [-0.15, -0.1) is 0 Å². The van der Waals surface area contributed by atoms with Crippen LogP contribution >= 0.6 is 11.6 Å². The fourth-order valence-electron chi connectivity index (χ4n) is 2.92. The van der Waals surface area contributed by atoms with Gasteiger partial charge in [-0.2, -0.15) is 23.5 Å². The lowest BCUT2D eigenvalue weighted by Gasteiger charge is -2.18. The van der Waals surface area contributed by atoms with Crippen LogP contribution in [0.5, 0.6) is 0 Å². The zero-order valence-electron chi connectivity index (χ0n) is 20.2. The number of benzene rings is 2.